The predicted molar refractivity (Wildman–Crippen MR) is 134 cm³/mol. The largest absolute Gasteiger partial charge is 0.361 e. The molecule has 0 spiro atoms. The standard InChI is InChI=1S/C27H25N3O4S/c1-19-11-13-22(14-12-19)35(33,34)29(16-15-20-18-28-24-10-6-5-9-23(20)24)25-17-26(31)30(27(25)32)21-7-3-2-4-8-21/h2-14,18,25,28H,15-17H2,1H3. The third-order valence-corrected chi connectivity index (χ3v) is 8.31. The van der Waals surface area contributed by atoms with Crippen LogP contribution in [0.1, 0.15) is 17.5 Å². The van der Waals surface area contributed by atoms with Crippen LogP contribution in [0.3, 0.4) is 0 Å². The maximum Gasteiger partial charge on any atom is 0.252 e. The number of nitrogens with zero attached hydrogens (tertiary/aromatic N) is 2. The number of hydrogen-bond acceptors (Lipinski definition) is 4. The van der Waals surface area contributed by atoms with Crippen LogP contribution in [0.15, 0.2) is 90.0 Å². The third kappa shape index (κ3) is 4.26. The smallest absolute Gasteiger partial charge is 0.252 e. The van der Waals surface area contributed by atoms with Crippen molar-refractivity contribution in [2.24, 2.45) is 0 Å². The number of benzene rings is 3. The summed E-state index contributed by atoms with van der Waals surface area (Å²) in [4.78, 5) is 30.7. The van der Waals surface area contributed by atoms with Crippen molar-refractivity contribution in [3.8, 4) is 0 Å². The summed E-state index contributed by atoms with van der Waals surface area (Å²) in [6.07, 6.45) is 2.05. The topological polar surface area (TPSA) is 90.6 Å². The first-order valence-corrected chi connectivity index (χ1v) is 12.9. The molecule has 4 aromatic rings. The Morgan fingerprint density at radius 3 is 2.37 bits per heavy atom. The summed E-state index contributed by atoms with van der Waals surface area (Å²) < 4.78 is 28.8. The summed E-state index contributed by atoms with van der Waals surface area (Å²) >= 11 is 0. The molecular formula is C27H25N3O4S. The van der Waals surface area contributed by atoms with Crippen LogP contribution in [0.5, 0.6) is 0 Å². The Hall–Kier alpha value is -3.75. The Bertz CT molecular complexity index is 1490. The molecule has 35 heavy (non-hydrogen) atoms. The normalized spacial score (nSPS) is 16.5. The van der Waals surface area contributed by atoms with Gasteiger partial charge in [-0.25, -0.2) is 13.3 Å². The minimum absolute atomic E-state index is 0.0599. The molecule has 0 bridgehead atoms. The van der Waals surface area contributed by atoms with E-state index in [2.05, 4.69) is 4.98 Å². The molecule has 0 radical (unpaired) electrons. The van der Waals surface area contributed by atoms with Gasteiger partial charge in [-0.15, -0.1) is 0 Å². The van der Waals surface area contributed by atoms with Crippen molar-refractivity contribution in [1.82, 2.24) is 9.29 Å². The van der Waals surface area contributed by atoms with Gasteiger partial charge >= 0.3 is 0 Å². The van der Waals surface area contributed by atoms with E-state index in [1.165, 1.54) is 4.31 Å². The van der Waals surface area contributed by atoms with E-state index < -0.39 is 27.9 Å². The SMILES string of the molecule is Cc1ccc(S(=O)(=O)N(CCc2c[nH]c3ccccc23)C2CC(=O)N(c3ccccc3)C2=O)cc1. The van der Waals surface area contributed by atoms with Crippen LogP contribution < -0.4 is 4.90 Å². The lowest BCUT2D eigenvalue weighted by Gasteiger charge is -2.27. The van der Waals surface area contributed by atoms with Crippen LogP contribution in [0, 0.1) is 6.92 Å². The highest BCUT2D eigenvalue weighted by Crippen LogP contribution is 2.30. The zero-order valence-corrected chi connectivity index (χ0v) is 20.0. The second-order valence-electron chi connectivity index (χ2n) is 8.66. The molecule has 1 unspecified atom stereocenters. The number of hydrogen-bond donors (Lipinski definition) is 1. The number of amides is 2. The molecule has 0 saturated carbocycles. The highest BCUT2D eigenvalue weighted by molar-refractivity contribution is 7.89. The maximum absolute atomic E-state index is 13.8. The number of carbonyl (C=O) groups is 2. The van der Waals surface area contributed by atoms with Crippen molar-refractivity contribution in [2.45, 2.75) is 30.7 Å². The molecule has 1 aromatic heterocycles. The van der Waals surface area contributed by atoms with Crippen LogP contribution in [0.2, 0.25) is 0 Å². The number of anilines is 1. The van der Waals surface area contributed by atoms with Crippen LogP contribution in [0.4, 0.5) is 5.69 Å². The number of fused-ring (bicyclic) bond motifs is 1. The van der Waals surface area contributed by atoms with Gasteiger partial charge in [0.25, 0.3) is 5.91 Å². The number of aryl methyl sites for hydroxylation is 1. The van der Waals surface area contributed by atoms with Crippen molar-refractivity contribution >= 4 is 38.4 Å². The second kappa shape index (κ2) is 9.13. The van der Waals surface area contributed by atoms with Crippen molar-refractivity contribution in [1.29, 1.82) is 0 Å². The Balaban J connectivity index is 1.51. The summed E-state index contributed by atoms with van der Waals surface area (Å²) in [5.41, 5.74) is 3.27. The molecule has 178 valence electrons. The number of carbonyl (C=O) groups excluding carboxylic acids is 2. The van der Waals surface area contributed by atoms with Gasteiger partial charge < -0.3 is 4.98 Å². The number of aromatic nitrogens is 1. The number of rotatable bonds is 7. The van der Waals surface area contributed by atoms with Crippen LogP contribution in [0.25, 0.3) is 10.9 Å². The molecule has 2 amide bonds. The predicted octanol–water partition coefficient (Wildman–Crippen LogP) is 4.04. The lowest BCUT2D eigenvalue weighted by Crippen LogP contribution is -2.46. The highest BCUT2D eigenvalue weighted by Gasteiger charge is 2.46. The van der Waals surface area contributed by atoms with E-state index in [0.717, 1.165) is 26.9 Å². The van der Waals surface area contributed by atoms with Gasteiger partial charge in [-0.1, -0.05) is 54.1 Å². The summed E-state index contributed by atoms with van der Waals surface area (Å²) in [6.45, 7) is 1.94. The molecule has 1 aliphatic heterocycles. The quantitative estimate of drug-likeness (QED) is 0.399. The summed E-state index contributed by atoms with van der Waals surface area (Å²) in [7, 11) is -4.05. The first-order valence-electron chi connectivity index (χ1n) is 11.4. The second-order valence-corrected chi connectivity index (χ2v) is 10.6. The molecule has 5 rings (SSSR count). The zero-order chi connectivity index (χ0) is 24.6. The molecule has 1 N–H and O–H groups in total. The Labute approximate surface area is 204 Å². The summed E-state index contributed by atoms with van der Waals surface area (Å²) in [5, 5.41) is 1.000. The van der Waals surface area contributed by atoms with Crippen LogP contribution in [-0.2, 0) is 26.0 Å². The number of aromatic amines is 1. The third-order valence-electron chi connectivity index (χ3n) is 6.39. The number of imide groups is 1. The van der Waals surface area contributed by atoms with Crippen LogP contribution >= 0.6 is 0 Å². The Morgan fingerprint density at radius 2 is 1.63 bits per heavy atom. The average molecular weight is 488 g/mol. The molecular weight excluding hydrogens is 462 g/mol. The van der Waals surface area contributed by atoms with Crippen molar-refractivity contribution in [2.75, 3.05) is 11.4 Å². The number of H-pyrrole nitrogens is 1. The van der Waals surface area contributed by atoms with Gasteiger partial charge in [-0.2, -0.15) is 4.31 Å². The number of para-hydroxylation sites is 2. The molecule has 3 aromatic carbocycles. The number of sulfonamides is 1. The zero-order valence-electron chi connectivity index (χ0n) is 19.2. The van der Waals surface area contributed by atoms with E-state index in [0.29, 0.717) is 12.1 Å². The fourth-order valence-corrected chi connectivity index (χ4v) is 6.13. The molecule has 2 heterocycles. The molecule has 0 aliphatic carbocycles. The molecule has 1 fully saturated rings. The van der Waals surface area contributed by atoms with E-state index in [4.69, 9.17) is 0 Å². The van der Waals surface area contributed by atoms with Gasteiger partial charge in [0.05, 0.1) is 17.0 Å². The fraction of sp³-hybridized carbons (Fsp3) is 0.185. The lowest BCUT2D eigenvalue weighted by molar-refractivity contribution is -0.122. The maximum atomic E-state index is 13.8. The van der Waals surface area contributed by atoms with E-state index in [-0.39, 0.29) is 17.9 Å². The molecule has 1 atom stereocenters. The van der Waals surface area contributed by atoms with E-state index in [1.807, 2.05) is 37.4 Å². The minimum atomic E-state index is -4.05. The number of nitrogens with one attached hydrogen (secondary N) is 1. The Kier molecular flexibility index (Phi) is 6.00. The summed E-state index contributed by atoms with van der Waals surface area (Å²) in [6, 6.07) is 21.8. The van der Waals surface area contributed by atoms with Crippen molar-refractivity contribution < 1.29 is 18.0 Å². The monoisotopic (exact) mass is 487 g/mol. The Morgan fingerprint density at radius 1 is 0.943 bits per heavy atom. The summed E-state index contributed by atoms with van der Waals surface area (Å²) in [5.74, 6) is -0.946. The van der Waals surface area contributed by atoms with Crippen molar-refractivity contribution in [3.05, 3.63) is 96.2 Å². The molecule has 8 heteroatoms. The van der Waals surface area contributed by atoms with Gasteiger partial charge in [0, 0.05) is 23.6 Å². The first kappa shape index (κ1) is 23.0. The lowest BCUT2D eigenvalue weighted by atomic mass is 10.1. The van der Waals surface area contributed by atoms with E-state index >= 15 is 0 Å². The van der Waals surface area contributed by atoms with Gasteiger partial charge in [0.1, 0.15) is 6.04 Å². The van der Waals surface area contributed by atoms with Gasteiger partial charge in [0.2, 0.25) is 15.9 Å². The molecule has 7 nitrogen and oxygen atoms in total. The van der Waals surface area contributed by atoms with E-state index in [1.54, 1.807) is 54.6 Å². The molecule has 1 saturated heterocycles. The average Bonchev–Trinajstić information content (AvgIpc) is 3.40. The van der Waals surface area contributed by atoms with Crippen LogP contribution in [-0.4, -0.2) is 42.1 Å². The minimum Gasteiger partial charge on any atom is -0.361 e. The van der Waals surface area contributed by atoms with Gasteiger partial charge in [-0.3, -0.25) is 9.59 Å². The van der Waals surface area contributed by atoms with Gasteiger partial charge in [-0.05, 0) is 49.2 Å². The first-order chi connectivity index (χ1) is 16.9. The van der Waals surface area contributed by atoms with E-state index in [9.17, 15) is 18.0 Å². The highest BCUT2D eigenvalue weighted by atomic mass is 32.2. The van der Waals surface area contributed by atoms with Gasteiger partial charge in [0.15, 0.2) is 0 Å². The van der Waals surface area contributed by atoms with Crippen molar-refractivity contribution in [3.63, 3.8) is 0 Å². The molecule has 1 aliphatic rings. The fourth-order valence-electron chi connectivity index (χ4n) is 4.55.